The minimum Gasteiger partial charge on any atom is -0.508 e. The number of aromatic hydroxyl groups is 1. The second-order valence-electron chi connectivity index (χ2n) is 9.16. The van der Waals surface area contributed by atoms with E-state index in [1.807, 2.05) is 0 Å². The molecular formula is C26H20ClNO9. The molecule has 3 aliphatic rings. The number of nitrogens with two attached hydrogens (primary N) is 1. The summed E-state index contributed by atoms with van der Waals surface area (Å²) in [6.45, 7) is 0. The van der Waals surface area contributed by atoms with Crippen molar-refractivity contribution in [1.82, 2.24) is 0 Å². The lowest BCUT2D eigenvalue weighted by Gasteiger charge is -2.47. The zero-order valence-electron chi connectivity index (χ0n) is 19.0. The number of rotatable bonds is 3. The summed E-state index contributed by atoms with van der Waals surface area (Å²) in [5, 5.41) is 43.8. The quantitative estimate of drug-likeness (QED) is 0.296. The Morgan fingerprint density at radius 2 is 1.73 bits per heavy atom. The number of phenols is 1. The first kappa shape index (κ1) is 24.5. The average molecular weight is 526 g/mol. The highest BCUT2D eigenvalue weighted by Crippen LogP contribution is 2.57. The number of ether oxygens (including phenoxy) is 1. The third kappa shape index (κ3) is 3.44. The molecule has 0 spiro atoms. The van der Waals surface area contributed by atoms with Crippen molar-refractivity contribution in [3.8, 4) is 5.75 Å². The molecule has 4 atom stereocenters. The molecule has 6 N–H and O–H groups in total. The van der Waals surface area contributed by atoms with Crippen LogP contribution in [-0.4, -0.2) is 49.5 Å². The normalized spacial score (nSPS) is 26.8. The minimum absolute atomic E-state index is 0.0241. The van der Waals surface area contributed by atoms with Crippen molar-refractivity contribution in [2.24, 2.45) is 17.6 Å². The van der Waals surface area contributed by atoms with Crippen LogP contribution in [0.3, 0.4) is 0 Å². The van der Waals surface area contributed by atoms with Crippen LogP contribution in [0.4, 0.5) is 0 Å². The van der Waals surface area contributed by atoms with Gasteiger partial charge in [0.25, 0.3) is 5.91 Å². The van der Waals surface area contributed by atoms with Crippen LogP contribution in [0, 0.1) is 11.8 Å². The molecule has 1 amide bonds. The second kappa shape index (κ2) is 8.46. The van der Waals surface area contributed by atoms with Crippen LogP contribution in [0.1, 0.15) is 40.4 Å². The van der Waals surface area contributed by atoms with E-state index in [0.29, 0.717) is 0 Å². The fourth-order valence-electron chi connectivity index (χ4n) is 5.49. The molecule has 0 heterocycles. The highest BCUT2D eigenvalue weighted by Gasteiger charge is 2.62. The monoisotopic (exact) mass is 525 g/mol. The van der Waals surface area contributed by atoms with E-state index >= 15 is 0 Å². The molecule has 10 nitrogen and oxygen atoms in total. The molecule has 190 valence electrons. The Kier molecular flexibility index (Phi) is 5.61. The molecule has 0 bridgehead atoms. The standard InChI is InChI=1S/C26H20ClNO9/c27-13-6-7-14(29)18-17(13)21(37-25(35)10-4-2-1-3-5-10)12-8-11-9-15(30)19(24(28)34)23(33)26(11,36)22(32)16(12)20(18)31/h1-7,11-12,21,29,31,33,36H,8-9H2,(H2,28,34). The van der Waals surface area contributed by atoms with Crippen LogP contribution >= 0.6 is 11.6 Å². The van der Waals surface area contributed by atoms with Gasteiger partial charge in [-0.25, -0.2) is 4.79 Å². The van der Waals surface area contributed by atoms with Gasteiger partial charge in [0, 0.05) is 34.4 Å². The number of Topliss-reactive ketones (excluding diaryl/α,β-unsaturated/α-hetero) is 2. The zero-order chi connectivity index (χ0) is 26.8. The number of hydrogen-bond donors (Lipinski definition) is 5. The van der Waals surface area contributed by atoms with Crippen LogP contribution in [0.2, 0.25) is 5.02 Å². The number of aliphatic hydroxyl groups is 3. The smallest absolute Gasteiger partial charge is 0.338 e. The number of esters is 1. The molecule has 3 aliphatic carbocycles. The number of aliphatic hydroxyl groups excluding tert-OH is 2. The topological polar surface area (TPSA) is 184 Å². The van der Waals surface area contributed by atoms with Gasteiger partial charge in [-0.15, -0.1) is 0 Å². The van der Waals surface area contributed by atoms with Crippen LogP contribution in [0.5, 0.6) is 5.75 Å². The van der Waals surface area contributed by atoms with Gasteiger partial charge in [0.1, 0.15) is 28.9 Å². The predicted octanol–water partition coefficient (Wildman–Crippen LogP) is 2.43. The van der Waals surface area contributed by atoms with Gasteiger partial charge < -0.3 is 30.9 Å². The van der Waals surface area contributed by atoms with Gasteiger partial charge in [-0.2, -0.15) is 0 Å². The van der Waals surface area contributed by atoms with Gasteiger partial charge in [0.05, 0.1) is 11.1 Å². The number of benzene rings is 2. The Morgan fingerprint density at radius 1 is 1.05 bits per heavy atom. The van der Waals surface area contributed by atoms with E-state index in [4.69, 9.17) is 22.1 Å². The molecule has 5 rings (SSSR count). The van der Waals surface area contributed by atoms with Gasteiger partial charge in [-0.3, -0.25) is 14.4 Å². The van der Waals surface area contributed by atoms with Crippen molar-refractivity contribution in [2.45, 2.75) is 24.5 Å². The summed E-state index contributed by atoms with van der Waals surface area (Å²) >= 11 is 6.41. The number of halogens is 1. The highest BCUT2D eigenvalue weighted by atomic mass is 35.5. The van der Waals surface area contributed by atoms with Crippen molar-refractivity contribution in [2.75, 3.05) is 0 Å². The Bertz CT molecular complexity index is 1460. The maximum atomic E-state index is 13.7. The molecule has 0 radical (unpaired) electrons. The number of amides is 1. The Morgan fingerprint density at radius 3 is 2.38 bits per heavy atom. The van der Waals surface area contributed by atoms with E-state index < -0.39 is 81.8 Å². The number of carbonyl (C=O) groups is 4. The van der Waals surface area contributed by atoms with Crippen LogP contribution in [0.15, 0.2) is 59.4 Å². The van der Waals surface area contributed by atoms with Gasteiger partial charge >= 0.3 is 5.97 Å². The number of phenolic OH excluding ortho intramolecular Hbond substituents is 1. The Hall–Kier alpha value is -4.15. The fraction of sp³-hybridized carbons (Fsp3) is 0.231. The number of fused-ring (bicyclic) bond motifs is 3. The number of carbonyl (C=O) groups excluding carboxylic acids is 4. The summed E-state index contributed by atoms with van der Waals surface area (Å²) in [5.41, 5.74) is 1.01. The summed E-state index contributed by atoms with van der Waals surface area (Å²) in [6, 6.07) is 10.4. The van der Waals surface area contributed by atoms with Gasteiger partial charge in [-0.1, -0.05) is 29.8 Å². The molecular weight excluding hydrogens is 506 g/mol. The van der Waals surface area contributed by atoms with E-state index in [1.54, 1.807) is 18.2 Å². The summed E-state index contributed by atoms with van der Waals surface area (Å²) in [6.07, 6.45) is -2.07. The summed E-state index contributed by atoms with van der Waals surface area (Å²) in [4.78, 5) is 51.1. The molecule has 2 aromatic carbocycles. The van der Waals surface area contributed by atoms with Crippen molar-refractivity contribution < 1.29 is 44.3 Å². The molecule has 37 heavy (non-hydrogen) atoms. The highest BCUT2D eigenvalue weighted by molar-refractivity contribution is 6.32. The maximum absolute atomic E-state index is 13.7. The van der Waals surface area contributed by atoms with Gasteiger partial charge in [0.2, 0.25) is 5.78 Å². The molecule has 1 saturated carbocycles. The third-order valence-corrected chi connectivity index (χ3v) is 7.53. The van der Waals surface area contributed by atoms with Crippen molar-refractivity contribution in [3.63, 3.8) is 0 Å². The molecule has 4 unspecified atom stereocenters. The van der Waals surface area contributed by atoms with Gasteiger partial charge in [-0.05, 0) is 30.7 Å². The van der Waals surface area contributed by atoms with E-state index in [-0.39, 0.29) is 28.1 Å². The van der Waals surface area contributed by atoms with Crippen LogP contribution in [0.25, 0.3) is 5.76 Å². The third-order valence-electron chi connectivity index (χ3n) is 7.20. The van der Waals surface area contributed by atoms with Gasteiger partial charge in [0.15, 0.2) is 11.4 Å². The van der Waals surface area contributed by atoms with Crippen molar-refractivity contribution >= 4 is 40.8 Å². The fourth-order valence-corrected chi connectivity index (χ4v) is 5.76. The first-order valence-electron chi connectivity index (χ1n) is 11.2. The summed E-state index contributed by atoms with van der Waals surface area (Å²) < 4.78 is 5.78. The lowest BCUT2D eigenvalue weighted by molar-refractivity contribution is -0.149. The molecule has 0 aromatic heterocycles. The molecule has 1 fully saturated rings. The number of hydrogen-bond acceptors (Lipinski definition) is 9. The number of primary amides is 1. The predicted molar refractivity (Wildman–Crippen MR) is 127 cm³/mol. The van der Waals surface area contributed by atoms with Crippen LogP contribution in [-0.2, 0) is 19.1 Å². The van der Waals surface area contributed by atoms with Crippen LogP contribution < -0.4 is 5.73 Å². The SMILES string of the molecule is NC(=O)C1=C(O)C2(O)C(=O)C3=C(O)c4c(O)ccc(Cl)c4C(OC(=O)c4ccccc4)C3CC2CC1=O. The summed E-state index contributed by atoms with van der Waals surface area (Å²) in [5.74, 6) is -8.99. The van der Waals surface area contributed by atoms with E-state index in [2.05, 4.69) is 0 Å². The second-order valence-corrected chi connectivity index (χ2v) is 9.57. The summed E-state index contributed by atoms with van der Waals surface area (Å²) in [7, 11) is 0. The Balaban J connectivity index is 1.71. The van der Waals surface area contributed by atoms with Crippen molar-refractivity contribution in [3.05, 3.63) is 81.1 Å². The Labute approximate surface area is 214 Å². The van der Waals surface area contributed by atoms with E-state index in [9.17, 15) is 39.6 Å². The first-order valence-corrected chi connectivity index (χ1v) is 11.6. The lowest BCUT2D eigenvalue weighted by Crippen LogP contribution is -2.58. The minimum atomic E-state index is -2.75. The van der Waals surface area contributed by atoms with Crippen molar-refractivity contribution in [1.29, 1.82) is 0 Å². The molecule has 2 aromatic rings. The van der Waals surface area contributed by atoms with E-state index in [1.165, 1.54) is 24.3 Å². The maximum Gasteiger partial charge on any atom is 0.338 e. The lowest BCUT2D eigenvalue weighted by atomic mass is 9.58. The first-order chi connectivity index (χ1) is 17.5. The molecule has 0 aliphatic heterocycles. The molecule has 0 saturated heterocycles. The number of ketones is 2. The average Bonchev–Trinajstić information content (AvgIpc) is 2.85. The zero-order valence-corrected chi connectivity index (χ0v) is 19.7. The molecule has 11 heteroatoms. The van der Waals surface area contributed by atoms with E-state index in [0.717, 1.165) is 0 Å². The largest absolute Gasteiger partial charge is 0.508 e.